The lowest BCUT2D eigenvalue weighted by molar-refractivity contribution is 1.36. The van der Waals surface area contributed by atoms with Crippen LogP contribution in [-0.4, -0.2) is 0 Å². The van der Waals surface area contributed by atoms with E-state index in [0.717, 1.165) is 0 Å². The van der Waals surface area contributed by atoms with Gasteiger partial charge in [-0.25, -0.2) is 0 Å². The van der Waals surface area contributed by atoms with Gasteiger partial charge in [0.15, 0.2) is 0 Å². The highest BCUT2D eigenvalue weighted by atomic mass is 35.5. The first-order valence-electron chi connectivity index (χ1n) is 2.68. The Morgan fingerprint density at radius 1 is 0.833 bits per heavy atom. The van der Waals surface area contributed by atoms with Crippen molar-refractivity contribution in [1.82, 2.24) is 0 Å². The number of halogens is 2. The van der Waals surface area contributed by atoms with E-state index in [4.69, 9.17) is 11.5 Å². The highest BCUT2D eigenvalue weighted by Crippen LogP contribution is 2.25. The Balaban J connectivity index is 0. The van der Waals surface area contributed by atoms with Crippen molar-refractivity contribution in [2.24, 2.45) is 0 Å². The average Bonchev–Trinajstić information content (AvgIpc) is 1.84. The van der Waals surface area contributed by atoms with Gasteiger partial charge in [0.25, 0.3) is 0 Å². The second-order valence-electron chi connectivity index (χ2n) is 1.97. The minimum Gasteiger partial charge on any atom is -0.398 e. The maximum Gasteiger partial charge on any atom is 0.0471 e. The van der Waals surface area contributed by atoms with E-state index in [0.29, 0.717) is 21.2 Å². The van der Waals surface area contributed by atoms with Crippen molar-refractivity contribution in [2.75, 3.05) is 11.5 Å². The third kappa shape index (κ3) is 3.23. The first-order chi connectivity index (χ1) is 4.61. The summed E-state index contributed by atoms with van der Waals surface area (Å²) < 4.78 is 0. The van der Waals surface area contributed by atoms with E-state index in [1.165, 1.54) is 0 Å². The topological polar surface area (TPSA) is 52.0 Å². The van der Waals surface area contributed by atoms with E-state index in [-0.39, 0.29) is 24.8 Å². The summed E-state index contributed by atoms with van der Waals surface area (Å²) in [6.07, 6.45) is 0. The monoisotopic (exact) mass is 244 g/mol. The van der Waals surface area contributed by atoms with E-state index in [1.54, 1.807) is 12.1 Å². The normalized spacial score (nSPS) is 8.17. The molecule has 0 saturated carbocycles. The number of benzene rings is 1. The molecule has 0 atom stereocenters. The van der Waals surface area contributed by atoms with Crippen molar-refractivity contribution in [3.63, 3.8) is 0 Å². The van der Waals surface area contributed by atoms with Crippen molar-refractivity contribution >= 4 is 61.4 Å². The van der Waals surface area contributed by atoms with Gasteiger partial charge in [0.2, 0.25) is 0 Å². The van der Waals surface area contributed by atoms with Gasteiger partial charge in [-0.1, -0.05) is 0 Å². The summed E-state index contributed by atoms with van der Waals surface area (Å²) in [7, 11) is 0. The summed E-state index contributed by atoms with van der Waals surface area (Å²) >= 11 is 8.17. The molecule has 0 aliphatic heterocycles. The Bertz CT molecular complexity index is 218. The standard InChI is InChI=1S/C6H8N2S2.2ClH/c7-3-1-4(8)6(10)2-5(3)9;;/h1-2,9-10H,7-8H2;2*1H. The van der Waals surface area contributed by atoms with E-state index < -0.39 is 0 Å². The van der Waals surface area contributed by atoms with Crippen LogP contribution in [0.2, 0.25) is 0 Å². The van der Waals surface area contributed by atoms with Crippen molar-refractivity contribution in [3.8, 4) is 0 Å². The first kappa shape index (κ1) is 14.6. The first-order valence-corrected chi connectivity index (χ1v) is 3.57. The molecule has 4 N–H and O–H groups in total. The lowest BCUT2D eigenvalue weighted by Gasteiger charge is -2.02. The highest BCUT2D eigenvalue weighted by molar-refractivity contribution is 7.81. The molecule has 0 aliphatic carbocycles. The summed E-state index contributed by atoms with van der Waals surface area (Å²) in [6.45, 7) is 0. The predicted octanol–water partition coefficient (Wildman–Crippen LogP) is 2.27. The van der Waals surface area contributed by atoms with E-state index in [2.05, 4.69) is 25.3 Å². The SMILES string of the molecule is Cl.Cl.Nc1cc(N)c(S)cc1S. The number of hydrogen-bond acceptors (Lipinski definition) is 4. The Kier molecular flexibility index (Phi) is 6.94. The number of nitrogens with two attached hydrogens (primary N) is 2. The summed E-state index contributed by atoms with van der Waals surface area (Å²) in [5.74, 6) is 0. The van der Waals surface area contributed by atoms with E-state index in [1.807, 2.05) is 0 Å². The van der Waals surface area contributed by atoms with Gasteiger partial charge in [-0.3, -0.25) is 0 Å². The molecule has 0 aromatic heterocycles. The van der Waals surface area contributed by atoms with Crippen molar-refractivity contribution < 1.29 is 0 Å². The van der Waals surface area contributed by atoms with Crippen LogP contribution >= 0.6 is 50.1 Å². The molecule has 2 nitrogen and oxygen atoms in total. The van der Waals surface area contributed by atoms with Crippen LogP contribution in [0.5, 0.6) is 0 Å². The molecular weight excluding hydrogens is 235 g/mol. The third-order valence-corrected chi connectivity index (χ3v) is 1.95. The predicted molar refractivity (Wildman–Crippen MR) is 64.3 cm³/mol. The van der Waals surface area contributed by atoms with Crippen LogP contribution in [0.25, 0.3) is 0 Å². The second-order valence-corrected chi connectivity index (χ2v) is 2.93. The average molecular weight is 245 g/mol. The molecule has 0 saturated heterocycles. The smallest absolute Gasteiger partial charge is 0.0471 e. The molecule has 70 valence electrons. The fraction of sp³-hybridized carbons (Fsp3) is 0. The van der Waals surface area contributed by atoms with Crippen LogP contribution in [0, 0.1) is 0 Å². The van der Waals surface area contributed by atoms with Crippen LogP contribution in [0.3, 0.4) is 0 Å². The summed E-state index contributed by atoms with van der Waals surface area (Å²) in [5.41, 5.74) is 12.2. The summed E-state index contributed by atoms with van der Waals surface area (Å²) in [5, 5.41) is 0. The minimum absolute atomic E-state index is 0. The molecule has 0 heterocycles. The van der Waals surface area contributed by atoms with E-state index in [9.17, 15) is 0 Å². The molecule has 0 bridgehead atoms. The van der Waals surface area contributed by atoms with Gasteiger partial charge in [0, 0.05) is 21.2 Å². The molecule has 1 rings (SSSR count). The van der Waals surface area contributed by atoms with Crippen LogP contribution in [0.4, 0.5) is 11.4 Å². The van der Waals surface area contributed by atoms with E-state index >= 15 is 0 Å². The fourth-order valence-corrected chi connectivity index (χ4v) is 1.10. The van der Waals surface area contributed by atoms with Crippen LogP contribution in [-0.2, 0) is 0 Å². The Morgan fingerprint density at radius 3 is 1.42 bits per heavy atom. The van der Waals surface area contributed by atoms with Gasteiger partial charge < -0.3 is 11.5 Å². The zero-order valence-corrected chi connectivity index (χ0v) is 9.44. The van der Waals surface area contributed by atoms with Gasteiger partial charge >= 0.3 is 0 Å². The Hall–Kier alpha value is 0.1000. The largest absolute Gasteiger partial charge is 0.398 e. The molecule has 0 unspecified atom stereocenters. The zero-order valence-electron chi connectivity index (χ0n) is 6.02. The van der Waals surface area contributed by atoms with Crippen LogP contribution in [0.15, 0.2) is 21.9 Å². The zero-order chi connectivity index (χ0) is 7.72. The summed E-state index contributed by atoms with van der Waals surface area (Å²) in [6, 6.07) is 3.36. The second kappa shape index (κ2) is 5.70. The molecule has 0 spiro atoms. The van der Waals surface area contributed by atoms with Gasteiger partial charge in [-0.15, -0.1) is 50.1 Å². The Labute approximate surface area is 94.7 Å². The van der Waals surface area contributed by atoms with Gasteiger partial charge in [0.05, 0.1) is 0 Å². The number of nitrogen functional groups attached to an aromatic ring is 2. The van der Waals surface area contributed by atoms with Crippen molar-refractivity contribution in [3.05, 3.63) is 12.1 Å². The third-order valence-electron chi connectivity index (χ3n) is 1.18. The summed E-state index contributed by atoms with van der Waals surface area (Å²) in [4.78, 5) is 1.42. The molecule has 1 aromatic carbocycles. The van der Waals surface area contributed by atoms with Crippen LogP contribution < -0.4 is 11.5 Å². The molecular formula is C6H10Cl2N2S2. The molecule has 6 heteroatoms. The molecule has 0 fully saturated rings. The van der Waals surface area contributed by atoms with Crippen molar-refractivity contribution in [1.29, 1.82) is 0 Å². The number of hydrogen-bond donors (Lipinski definition) is 4. The number of rotatable bonds is 0. The number of thiol groups is 2. The molecule has 0 radical (unpaired) electrons. The highest BCUT2D eigenvalue weighted by Gasteiger charge is 1.98. The minimum atomic E-state index is 0. The van der Waals surface area contributed by atoms with Gasteiger partial charge in [-0.2, -0.15) is 0 Å². The van der Waals surface area contributed by atoms with Crippen molar-refractivity contribution in [2.45, 2.75) is 9.79 Å². The molecule has 12 heavy (non-hydrogen) atoms. The molecule has 0 amide bonds. The van der Waals surface area contributed by atoms with Gasteiger partial charge in [0.1, 0.15) is 0 Å². The van der Waals surface area contributed by atoms with Crippen LogP contribution in [0.1, 0.15) is 0 Å². The Morgan fingerprint density at radius 2 is 1.17 bits per heavy atom. The lowest BCUT2D eigenvalue weighted by atomic mass is 10.3. The molecule has 1 aromatic rings. The lowest BCUT2D eigenvalue weighted by Crippen LogP contribution is -1.92. The maximum absolute atomic E-state index is 5.50. The number of anilines is 2. The van der Waals surface area contributed by atoms with Gasteiger partial charge in [-0.05, 0) is 12.1 Å². The molecule has 0 aliphatic rings. The maximum atomic E-state index is 5.50. The fourth-order valence-electron chi connectivity index (χ4n) is 0.612. The quantitative estimate of drug-likeness (QED) is 0.418.